The minimum atomic E-state index is -5.27. The van der Waals surface area contributed by atoms with Gasteiger partial charge in [-0.15, -0.1) is 0 Å². The van der Waals surface area contributed by atoms with Gasteiger partial charge in [0.15, 0.2) is 0 Å². The average molecular weight is 501 g/mol. The fourth-order valence-electron chi connectivity index (χ4n) is 2.73. The van der Waals surface area contributed by atoms with E-state index in [-0.39, 0.29) is 35.0 Å². The second-order valence-electron chi connectivity index (χ2n) is 6.81. The Hall–Kier alpha value is -2.11. The van der Waals surface area contributed by atoms with Crippen molar-refractivity contribution in [2.45, 2.75) is 24.5 Å². The molecule has 176 valence electrons. The van der Waals surface area contributed by atoms with Crippen molar-refractivity contribution in [1.82, 2.24) is 5.32 Å². The van der Waals surface area contributed by atoms with Gasteiger partial charge < -0.3 is 15.7 Å². The first-order valence-electron chi connectivity index (χ1n) is 9.02. The molecule has 0 aliphatic carbocycles. The van der Waals surface area contributed by atoms with E-state index in [0.717, 1.165) is 12.1 Å². The molecular formula is C20H19ClF6N2O2S. The quantitative estimate of drug-likeness (QED) is 0.436. The first-order chi connectivity index (χ1) is 14.8. The van der Waals surface area contributed by atoms with Gasteiger partial charge >= 0.3 is 12.4 Å². The molecule has 0 saturated carbocycles. The minimum Gasteiger partial charge on any atom is -0.381 e. The third kappa shape index (κ3) is 6.46. The summed E-state index contributed by atoms with van der Waals surface area (Å²) in [6.45, 7) is -1.05. The Kier molecular flexibility index (Phi) is 8.35. The molecule has 0 heterocycles. The Morgan fingerprint density at radius 3 is 2.28 bits per heavy atom. The van der Waals surface area contributed by atoms with E-state index < -0.39 is 35.6 Å². The molecule has 0 fully saturated rings. The number of benzene rings is 2. The molecule has 0 aliphatic heterocycles. The lowest BCUT2D eigenvalue weighted by molar-refractivity contribution is -0.260. The molecular weight excluding hydrogens is 482 g/mol. The summed E-state index contributed by atoms with van der Waals surface area (Å²) in [5.74, 6) is 0.0371. The maximum absolute atomic E-state index is 13.7. The number of hydrogen-bond acceptors (Lipinski definition) is 4. The Morgan fingerprint density at radius 2 is 1.72 bits per heavy atom. The molecule has 3 N–H and O–H groups in total. The molecule has 2 aromatic rings. The Balaban J connectivity index is 2.21. The van der Waals surface area contributed by atoms with Crippen molar-refractivity contribution in [3.05, 3.63) is 64.2 Å². The van der Waals surface area contributed by atoms with Crippen LogP contribution in [0.4, 0.5) is 32.0 Å². The minimum absolute atomic E-state index is 0.101. The fraction of sp³-hybridized carbons (Fsp3) is 0.350. The number of carbonyl (C=O) groups is 1. The van der Waals surface area contributed by atoms with Crippen LogP contribution in [0.2, 0.25) is 5.02 Å². The van der Waals surface area contributed by atoms with E-state index in [2.05, 4.69) is 10.6 Å². The number of hydrogen-bond donors (Lipinski definition) is 3. The topological polar surface area (TPSA) is 61.4 Å². The second-order valence-corrected chi connectivity index (χ2v) is 8.08. The first-order valence-corrected chi connectivity index (χ1v) is 10.8. The summed E-state index contributed by atoms with van der Waals surface area (Å²) in [6, 6.07) is 6.60. The lowest BCUT2D eigenvalue weighted by Crippen LogP contribution is -2.48. The van der Waals surface area contributed by atoms with Gasteiger partial charge in [0, 0.05) is 17.3 Å². The largest absolute Gasteiger partial charge is 0.423 e. The first kappa shape index (κ1) is 26.1. The summed E-state index contributed by atoms with van der Waals surface area (Å²) in [6.07, 6.45) is -8.38. The van der Waals surface area contributed by atoms with Crippen molar-refractivity contribution in [2.75, 3.05) is 23.9 Å². The number of thioether (sulfide) groups is 1. The van der Waals surface area contributed by atoms with Gasteiger partial charge in [-0.25, -0.2) is 0 Å². The van der Waals surface area contributed by atoms with E-state index in [1.54, 1.807) is 6.26 Å². The van der Waals surface area contributed by atoms with Crippen molar-refractivity contribution in [2.24, 2.45) is 0 Å². The van der Waals surface area contributed by atoms with Crippen molar-refractivity contribution in [1.29, 1.82) is 0 Å². The van der Waals surface area contributed by atoms with Crippen molar-refractivity contribution < 1.29 is 36.2 Å². The van der Waals surface area contributed by atoms with Crippen molar-refractivity contribution in [3.63, 3.8) is 0 Å². The summed E-state index contributed by atoms with van der Waals surface area (Å²) in [4.78, 5) is 11.5. The highest BCUT2D eigenvalue weighted by Crippen LogP contribution is 2.41. The van der Waals surface area contributed by atoms with E-state index in [9.17, 15) is 36.2 Å². The lowest BCUT2D eigenvalue weighted by Gasteiger charge is -2.32. The number of anilines is 1. The van der Waals surface area contributed by atoms with Gasteiger partial charge in [0.05, 0.1) is 17.9 Å². The Morgan fingerprint density at radius 1 is 1.06 bits per heavy atom. The highest BCUT2D eigenvalue weighted by atomic mass is 35.5. The fourth-order valence-corrected chi connectivity index (χ4v) is 3.34. The van der Waals surface area contributed by atoms with Crippen LogP contribution in [0.3, 0.4) is 0 Å². The zero-order valence-electron chi connectivity index (χ0n) is 16.6. The maximum atomic E-state index is 13.7. The van der Waals surface area contributed by atoms with Gasteiger partial charge in [-0.2, -0.15) is 38.1 Å². The van der Waals surface area contributed by atoms with Crippen molar-refractivity contribution >= 4 is 35.0 Å². The molecule has 0 aliphatic rings. The summed E-state index contributed by atoms with van der Waals surface area (Å²) < 4.78 is 79.8. The lowest BCUT2D eigenvalue weighted by atomic mass is 9.91. The molecule has 2 rings (SSSR count). The van der Waals surface area contributed by atoms with Crippen LogP contribution in [0.15, 0.2) is 42.5 Å². The number of carbonyl (C=O) groups excluding carboxylic acids is 1. The van der Waals surface area contributed by atoms with Gasteiger partial charge in [0.25, 0.3) is 0 Å². The molecule has 0 bridgehead atoms. The molecule has 0 radical (unpaired) electrons. The van der Waals surface area contributed by atoms with E-state index >= 15 is 0 Å². The predicted octanol–water partition coefficient (Wildman–Crippen LogP) is 5.20. The molecule has 32 heavy (non-hydrogen) atoms. The average Bonchev–Trinajstić information content (AvgIpc) is 2.70. The van der Waals surface area contributed by atoms with E-state index in [1.807, 2.05) is 0 Å². The third-order valence-electron chi connectivity index (χ3n) is 4.49. The van der Waals surface area contributed by atoms with Gasteiger partial charge in [-0.05, 0) is 41.6 Å². The molecule has 4 nitrogen and oxygen atoms in total. The van der Waals surface area contributed by atoms with Crippen LogP contribution in [-0.2, 0) is 23.1 Å². The standard InChI is InChI=1S/C20H19ClF6N2O2S/c1-32-10-17(30)28-9-12-5-6-15(8-16(12)21)29-11-18(31,20(25,26)27)13-3-2-4-14(7-13)19(22,23)24/h2-8,29,31H,9-11H2,1H3,(H,28,30)/t18-/m0/s1. The van der Waals surface area contributed by atoms with Crippen LogP contribution in [0.25, 0.3) is 0 Å². The van der Waals surface area contributed by atoms with Crippen LogP contribution in [-0.4, -0.2) is 35.7 Å². The number of nitrogens with one attached hydrogen (secondary N) is 2. The van der Waals surface area contributed by atoms with E-state index in [0.29, 0.717) is 11.6 Å². The molecule has 0 spiro atoms. The van der Waals surface area contributed by atoms with Gasteiger partial charge in [-0.3, -0.25) is 4.79 Å². The summed E-state index contributed by atoms with van der Waals surface area (Å²) >= 11 is 7.44. The highest BCUT2D eigenvalue weighted by Gasteiger charge is 2.55. The summed E-state index contributed by atoms with van der Waals surface area (Å²) in [5, 5.41) is 15.5. The van der Waals surface area contributed by atoms with E-state index in [1.165, 1.54) is 30.0 Å². The molecule has 0 aromatic heterocycles. The number of amides is 1. The SMILES string of the molecule is CSCC(=O)NCc1ccc(NC[C@](O)(c2cccc(C(F)(F)F)c2)C(F)(F)F)cc1Cl. The molecule has 0 saturated heterocycles. The zero-order chi connectivity index (χ0) is 24.2. The van der Waals surface area contributed by atoms with Crippen LogP contribution in [0.1, 0.15) is 16.7 Å². The Labute approximate surface area is 189 Å². The molecule has 2 aromatic carbocycles. The summed E-state index contributed by atoms with van der Waals surface area (Å²) in [5.41, 5.74) is -5.25. The highest BCUT2D eigenvalue weighted by molar-refractivity contribution is 7.99. The molecule has 0 unspecified atom stereocenters. The monoisotopic (exact) mass is 500 g/mol. The molecule has 1 amide bonds. The predicted molar refractivity (Wildman–Crippen MR) is 112 cm³/mol. The van der Waals surface area contributed by atoms with Gasteiger partial charge in [0.2, 0.25) is 11.5 Å². The van der Waals surface area contributed by atoms with Crippen LogP contribution < -0.4 is 10.6 Å². The smallest absolute Gasteiger partial charge is 0.381 e. The third-order valence-corrected chi connectivity index (χ3v) is 5.39. The number of halogens is 7. The van der Waals surface area contributed by atoms with Crippen LogP contribution >= 0.6 is 23.4 Å². The summed E-state index contributed by atoms with van der Waals surface area (Å²) in [7, 11) is 0. The second kappa shape index (κ2) is 10.2. The number of alkyl halides is 6. The molecule has 1 atom stereocenters. The molecule has 12 heteroatoms. The van der Waals surface area contributed by atoms with Crippen LogP contribution in [0, 0.1) is 0 Å². The number of aliphatic hydroxyl groups is 1. The zero-order valence-corrected chi connectivity index (χ0v) is 18.1. The van der Waals surface area contributed by atoms with E-state index in [4.69, 9.17) is 11.6 Å². The number of rotatable bonds is 8. The maximum Gasteiger partial charge on any atom is 0.423 e. The normalized spacial score (nSPS) is 14.0. The van der Waals surface area contributed by atoms with Gasteiger partial charge in [0.1, 0.15) is 0 Å². The Bertz CT molecular complexity index is 954. The van der Waals surface area contributed by atoms with Crippen LogP contribution in [0.5, 0.6) is 0 Å². The van der Waals surface area contributed by atoms with Gasteiger partial charge in [-0.1, -0.05) is 29.8 Å². The van der Waals surface area contributed by atoms with Crippen molar-refractivity contribution in [3.8, 4) is 0 Å².